The molecule has 3 unspecified atom stereocenters. The molecule has 4 nitrogen and oxygen atoms in total. The normalized spacial score (nSPS) is 15.6. The first-order valence-electron chi connectivity index (χ1n) is 8.47. The zero-order valence-corrected chi connectivity index (χ0v) is 14.6. The number of aromatic nitrogens is 2. The maximum Gasteiger partial charge on any atom is 0.0537 e. The Morgan fingerprint density at radius 2 is 1.78 bits per heavy atom. The molecule has 0 aliphatic carbocycles. The van der Waals surface area contributed by atoms with E-state index in [1.807, 2.05) is 23.9 Å². The summed E-state index contributed by atoms with van der Waals surface area (Å²) in [5, 5.41) is 17.8. The first-order valence-corrected chi connectivity index (χ1v) is 8.47. The molecule has 1 aromatic heterocycles. The first-order chi connectivity index (χ1) is 11.0. The van der Waals surface area contributed by atoms with Crippen LogP contribution in [-0.2, 0) is 0 Å². The van der Waals surface area contributed by atoms with Crippen molar-refractivity contribution in [3.05, 3.63) is 53.9 Å². The highest BCUT2D eigenvalue weighted by Crippen LogP contribution is 2.22. The minimum absolute atomic E-state index is 0.239. The molecule has 3 atom stereocenters. The smallest absolute Gasteiger partial charge is 0.0537 e. The van der Waals surface area contributed by atoms with E-state index >= 15 is 0 Å². The summed E-state index contributed by atoms with van der Waals surface area (Å²) in [6, 6.07) is 11.0. The third kappa shape index (κ3) is 5.19. The highest BCUT2D eigenvalue weighted by Gasteiger charge is 2.16. The Labute approximate surface area is 139 Å². The number of nitrogens with one attached hydrogen (secondary N) is 1. The molecule has 2 N–H and O–H groups in total. The van der Waals surface area contributed by atoms with Gasteiger partial charge in [0.25, 0.3) is 0 Å². The van der Waals surface area contributed by atoms with Crippen molar-refractivity contribution in [2.45, 2.75) is 58.2 Å². The highest BCUT2D eigenvalue weighted by atomic mass is 16.3. The lowest BCUT2D eigenvalue weighted by Gasteiger charge is -2.22. The quantitative estimate of drug-likeness (QED) is 0.781. The number of aliphatic hydroxyl groups excluding tert-OH is 1. The summed E-state index contributed by atoms with van der Waals surface area (Å²) >= 11 is 0. The summed E-state index contributed by atoms with van der Waals surface area (Å²) in [6.07, 6.45) is 4.49. The van der Waals surface area contributed by atoms with Crippen LogP contribution in [0, 0.1) is 0 Å². The minimum atomic E-state index is -0.305. The fraction of sp³-hybridized carbons (Fsp3) is 0.526. The van der Waals surface area contributed by atoms with Crippen LogP contribution in [-0.4, -0.2) is 27.5 Å². The van der Waals surface area contributed by atoms with Crippen LogP contribution in [0.15, 0.2) is 42.7 Å². The van der Waals surface area contributed by atoms with Crippen molar-refractivity contribution in [1.29, 1.82) is 0 Å². The summed E-state index contributed by atoms with van der Waals surface area (Å²) < 4.78 is 1.98. The first kappa shape index (κ1) is 17.7. The van der Waals surface area contributed by atoms with Gasteiger partial charge in [0.2, 0.25) is 0 Å². The average Bonchev–Trinajstić information content (AvgIpc) is 3.02. The molecule has 126 valence electrons. The second kappa shape index (κ2) is 8.27. The van der Waals surface area contributed by atoms with Gasteiger partial charge < -0.3 is 10.4 Å². The zero-order chi connectivity index (χ0) is 16.8. The van der Waals surface area contributed by atoms with Crippen molar-refractivity contribution in [3.63, 3.8) is 0 Å². The molecule has 0 fully saturated rings. The molecule has 0 radical (unpaired) electrons. The lowest BCUT2D eigenvalue weighted by atomic mass is 9.93. The van der Waals surface area contributed by atoms with Gasteiger partial charge in [0.1, 0.15) is 0 Å². The van der Waals surface area contributed by atoms with Crippen LogP contribution in [0.5, 0.6) is 0 Å². The van der Waals surface area contributed by atoms with Gasteiger partial charge >= 0.3 is 0 Å². The Morgan fingerprint density at radius 3 is 2.35 bits per heavy atom. The van der Waals surface area contributed by atoms with Crippen LogP contribution >= 0.6 is 0 Å². The molecule has 1 heterocycles. The fourth-order valence-corrected chi connectivity index (χ4v) is 2.77. The van der Waals surface area contributed by atoms with Crippen LogP contribution in [0.4, 0.5) is 0 Å². The molecule has 0 saturated carbocycles. The summed E-state index contributed by atoms with van der Waals surface area (Å²) in [4.78, 5) is 0. The molecule has 0 amide bonds. The Bertz CT molecular complexity index is 577. The molecule has 0 spiro atoms. The van der Waals surface area contributed by atoms with Gasteiger partial charge in [-0.15, -0.1) is 0 Å². The molecule has 0 saturated heterocycles. The van der Waals surface area contributed by atoms with Gasteiger partial charge in [0, 0.05) is 30.4 Å². The van der Waals surface area contributed by atoms with Crippen LogP contribution in [0.3, 0.4) is 0 Å². The maximum absolute atomic E-state index is 9.79. The Balaban J connectivity index is 1.99. The van der Waals surface area contributed by atoms with Crippen LogP contribution in [0.1, 0.15) is 63.2 Å². The van der Waals surface area contributed by atoms with Crippen molar-refractivity contribution in [2.24, 2.45) is 0 Å². The Hall–Kier alpha value is -1.65. The molecule has 2 aromatic rings. The van der Waals surface area contributed by atoms with Gasteiger partial charge in [0.05, 0.1) is 12.3 Å². The van der Waals surface area contributed by atoms with Crippen molar-refractivity contribution < 1.29 is 5.11 Å². The lowest BCUT2D eigenvalue weighted by Crippen LogP contribution is -2.26. The topological polar surface area (TPSA) is 50.1 Å². The highest BCUT2D eigenvalue weighted by molar-refractivity contribution is 5.20. The largest absolute Gasteiger partial charge is 0.393 e. The number of aliphatic hydroxyl groups is 1. The number of hydrogen-bond donors (Lipinski definition) is 2. The monoisotopic (exact) mass is 315 g/mol. The number of hydrogen-bond acceptors (Lipinski definition) is 3. The molecule has 4 heteroatoms. The molecule has 23 heavy (non-hydrogen) atoms. The summed E-state index contributed by atoms with van der Waals surface area (Å²) in [6.45, 7) is 9.10. The lowest BCUT2D eigenvalue weighted by molar-refractivity contribution is 0.173. The SMILES string of the molecule is CC(O)CC(CNC(C)c1cnn(C(C)C)c1)c1ccccc1. The van der Waals surface area contributed by atoms with Crippen molar-refractivity contribution in [3.8, 4) is 0 Å². The van der Waals surface area contributed by atoms with Crippen molar-refractivity contribution in [1.82, 2.24) is 15.1 Å². The summed E-state index contributed by atoms with van der Waals surface area (Å²) in [5.41, 5.74) is 2.47. The van der Waals surface area contributed by atoms with Crippen molar-refractivity contribution in [2.75, 3.05) is 6.54 Å². The van der Waals surface area contributed by atoms with Crippen LogP contribution in [0.2, 0.25) is 0 Å². The number of rotatable bonds is 8. The molecule has 0 aliphatic heterocycles. The Morgan fingerprint density at radius 1 is 1.09 bits per heavy atom. The van der Waals surface area contributed by atoms with Gasteiger partial charge in [-0.1, -0.05) is 30.3 Å². The van der Waals surface area contributed by atoms with E-state index in [-0.39, 0.29) is 12.1 Å². The average molecular weight is 315 g/mol. The van der Waals surface area contributed by atoms with Crippen LogP contribution in [0.25, 0.3) is 0 Å². The van der Waals surface area contributed by atoms with E-state index in [0.717, 1.165) is 13.0 Å². The third-order valence-electron chi connectivity index (χ3n) is 4.22. The molecule has 0 bridgehead atoms. The van der Waals surface area contributed by atoms with E-state index in [2.05, 4.69) is 61.6 Å². The van der Waals surface area contributed by atoms with Gasteiger partial charge in [-0.3, -0.25) is 4.68 Å². The second-order valence-electron chi connectivity index (χ2n) is 6.67. The molecular weight excluding hydrogens is 286 g/mol. The molecule has 0 aliphatic rings. The predicted molar refractivity (Wildman–Crippen MR) is 94.5 cm³/mol. The van der Waals surface area contributed by atoms with Gasteiger partial charge in [-0.2, -0.15) is 5.10 Å². The molecule has 2 rings (SSSR count). The maximum atomic E-state index is 9.79. The van der Waals surface area contributed by atoms with E-state index in [4.69, 9.17) is 0 Å². The van der Waals surface area contributed by atoms with E-state index in [9.17, 15) is 5.11 Å². The standard InChI is InChI=1S/C19H29N3O/c1-14(2)22-13-19(12-21-22)16(4)20-11-18(10-15(3)23)17-8-6-5-7-9-17/h5-9,12-16,18,20,23H,10-11H2,1-4H3. The third-order valence-corrected chi connectivity index (χ3v) is 4.22. The van der Waals surface area contributed by atoms with E-state index in [1.54, 1.807) is 0 Å². The number of benzene rings is 1. The Kier molecular flexibility index (Phi) is 6.37. The predicted octanol–water partition coefficient (Wildman–Crippen LogP) is 3.67. The van der Waals surface area contributed by atoms with E-state index < -0.39 is 0 Å². The van der Waals surface area contributed by atoms with Crippen molar-refractivity contribution >= 4 is 0 Å². The van der Waals surface area contributed by atoms with Crippen LogP contribution < -0.4 is 5.32 Å². The zero-order valence-electron chi connectivity index (χ0n) is 14.6. The van der Waals surface area contributed by atoms with Gasteiger partial charge in [0.15, 0.2) is 0 Å². The minimum Gasteiger partial charge on any atom is -0.393 e. The van der Waals surface area contributed by atoms with Gasteiger partial charge in [-0.25, -0.2) is 0 Å². The molecular formula is C19H29N3O. The van der Waals surface area contributed by atoms with E-state index in [1.165, 1.54) is 11.1 Å². The summed E-state index contributed by atoms with van der Waals surface area (Å²) in [7, 11) is 0. The van der Waals surface area contributed by atoms with E-state index in [0.29, 0.717) is 12.0 Å². The molecule has 1 aromatic carbocycles. The number of nitrogens with zero attached hydrogens (tertiary/aromatic N) is 2. The second-order valence-corrected chi connectivity index (χ2v) is 6.67. The van der Waals surface area contributed by atoms with Gasteiger partial charge in [-0.05, 0) is 45.6 Å². The summed E-state index contributed by atoms with van der Waals surface area (Å²) in [5.74, 6) is 0.304. The fourth-order valence-electron chi connectivity index (χ4n) is 2.77.